The molecule has 0 aliphatic rings. The van der Waals surface area contributed by atoms with Crippen molar-refractivity contribution >= 4 is 27.5 Å². The Bertz CT molecular complexity index is 371. The lowest BCUT2D eigenvalue weighted by Crippen LogP contribution is -2.18. The predicted molar refractivity (Wildman–Crippen MR) is 61.9 cm³/mol. The SMILES string of the molecule is CCCC(C)=NNC(=O)c1ccc(Br)o1. The van der Waals surface area contributed by atoms with E-state index in [0.29, 0.717) is 4.67 Å². The first-order valence-corrected chi connectivity index (χ1v) is 5.51. The van der Waals surface area contributed by atoms with Crippen LogP contribution in [0.3, 0.4) is 0 Å². The van der Waals surface area contributed by atoms with Crippen molar-refractivity contribution in [1.29, 1.82) is 0 Å². The number of nitrogens with one attached hydrogen (secondary N) is 1. The lowest BCUT2D eigenvalue weighted by molar-refractivity contribution is 0.0926. The Morgan fingerprint density at radius 3 is 2.87 bits per heavy atom. The minimum absolute atomic E-state index is 0.245. The van der Waals surface area contributed by atoms with Crippen molar-refractivity contribution in [3.63, 3.8) is 0 Å². The maximum atomic E-state index is 11.4. The molecule has 0 aliphatic carbocycles. The van der Waals surface area contributed by atoms with Gasteiger partial charge < -0.3 is 4.42 Å². The third-order valence-electron chi connectivity index (χ3n) is 1.76. The van der Waals surface area contributed by atoms with Gasteiger partial charge in [-0.05, 0) is 41.4 Å². The number of hydrazone groups is 1. The van der Waals surface area contributed by atoms with Crippen LogP contribution in [0, 0.1) is 0 Å². The second-order valence-corrected chi connectivity index (χ2v) is 3.92. The number of nitrogens with zero attached hydrogens (tertiary/aromatic N) is 1. The molecule has 0 unspecified atom stereocenters. The van der Waals surface area contributed by atoms with Crippen molar-refractivity contribution in [1.82, 2.24) is 5.43 Å². The molecule has 1 N–H and O–H groups in total. The second-order valence-electron chi connectivity index (χ2n) is 3.14. The van der Waals surface area contributed by atoms with E-state index in [0.717, 1.165) is 18.6 Å². The second kappa shape index (κ2) is 5.70. The zero-order valence-corrected chi connectivity index (χ0v) is 10.3. The molecule has 1 aromatic rings. The number of amides is 1. The molecule has 0 atom stereocenters. The number of halogens is 1. The third kappa shape index (κ3) is 3.87. The lowest BCUT2D eigenvalue weighted by atomic mass is 10.2. The van der Waals surface area contributed by atoms with Gasteiger partial charge in [-0.1, -0.05) is 13.3 Å². The van der Waals surface area contributed by atoms with Crippen LogP contribution in [0.15, 0.2) is 26.3 Å². The zero-order chi connectivity index (χ0) is 11.3. The number of carbonyl (C=O) groups is 1. The minimum atomic E-state index is -0.337. The summed E-state index contributed by atoms with van der Waals surface area (Å²) in [6, 6.07) is 3.25. The van der Waals surface area contributed by atoms with E-state index in [4.69, 9.17) is 4.42 Å². The summed E-state index contributed by atoms with van der Waals surface area (Å²) < 4.78 is 5.60. The molecule has 0 saturated heterocycles. The fourth-order valence-electron chi connectivity index (χ4n) is 1.06. The fraction of sp³-hybridized carbons (Fsp3) is 0.400. The van der Waals surface area contributed by atoms with E-state index in [1.54, 1.807) is 12.1 Å². The van der Waals surface area contributed by atoms with Gasteiger partial charge >= 0.3 is 5.91 Å². The molecule has 0 bridgehead atoms. The van der Waals surface area contributed by atoms with E-state index in [1.807, 2.05) is 6.92 Å². The summed E-state index contributed by atoms with van der Waals surface area (Å²) >= 11 is 3.12. The van der Waals surface area contributed by atoms with E-state index in [2.05, 4.69) is 33.4 Å². The topological polar surface area (TPSA) is 54.6 Å². The van der Waals surface area contributed by atoms with E-state index < -0.39 is 0 Å². The van der Waals surface area contributed by atoms with Crippen LogP contribution in [-0.2, 0) is 0 Å². The number of furan rings is 1. The first-order chi connectivity index (χ1) is 7.13. The summed E-state index contributed by atoms with van der Waals surface area (Å²) in [5.74, 6) is -0.0916. The molecule has 4 nitrogen and oxygen atoms in total. The van der Waals surface area contributed by atoms with Gasteiger partial charge in [0.2, 0.25) is 0 Å². The highest BCUT2D eigenvalue weighted by Crippen LogP contribution is 2.13. The number of carbonyl (C=O) groups excluding carboxylic acids is 1. The Morgan fingerprint density at radius 2 is 2.33 bits per heavy atom. The van der Waals surface area contributed by atoms with Crippen LogP contribution < -0.4 is 5.43 Å². The average molecular weight is 273 g/mol. The van der Waals surface area contributed by atoms with Gasteiger partial charge in [-0.25, -0.2) is 5.43 Å². The summed E-state index contributed by atoms with van der Waals surface area (Å²) in [6.45, 7) is 3.94. The van der Waals surface area contributed by atoms with Crippen LogP contribution in [-0.4, -0.2) is 11.6 Å². The standard InChI is InChI=1S/C10H13BrN2O2/c1-3-4-7(2)12-13-10(14)8-5-6-9(11)15-8/h5-6H,3-4H2,1-2H3,(H,13,14). The summed E-state index contributed by atoms with van der Waals surface area (Å²) in [7, 11) is 0. The molecule has 0 saturated carbocycles. The lowest BCUT2D eigenvalue weighted by Gasteiger charge is -1.98. The van der Waals surface area contributed by atoms with Crippen molar-refractivity contribution in [2.75, 3.05) is 0 Å². The normalized spacial score (nSPS) is 11.5. The Morgan fingerprint density at radius 1 is 1.60 bits per heavy atom. The molecular weight excluding hydrogens is 260 g/mol. The molecule has 1 rings (SSSR count). The number of hydrogen-bond donors (Lipinski definition) is 1. The molecule has 1 heterocycles. The van der Waals surface area contributed by atoms with Crippen molar-refractivity contribution < 1.29 is 9.21 Å². The highest BCUT2D eigenvalue weighted by Gasteiger charge is 2.08. The Labute approximate surface area is 96.9 Å². The van der Waals surface area contributed by atoms with Gasteiger partial charge in [0, 0.05) is 5.71 Å². The molecular formula is C10H13BrN2O2. The van der Waals surface area contributed by atoms with Gasteiger partial charge in [0.05, 0.1) is 0 Å². The Kier molecular flexibility index (Phi) is 4.55. The fourth-order valence-corrected chi connectivity index (χ4v) is 1.36. The third-order valence-corrected chi connectivity index (χ3v) is 2.18. The van der Waals surface area contributed by atoms with Crippen molar-refractivity contribution in [2.45, 2.75) is 26.7 Å². The van der Waals surface area contributed by atoms with Crippen LogP contribution in [0.25, 0.3) is 0 Å². The van der Waals surface area contributed by atoms with E-state index in [1.165, 1.54) is 0 Å². The van der Waals surface area contributed by atoms with Crippen LogP contribution in [0.4, 0.5) is 0 Å². The van der Waals surface area contributed by atoms with Gasteiger partial charge in [0.1, 0.15) is 0 Å². The molecule has 0 radical (unpaired) electrons. The molecule has 5 heteroatoms. The number of hydrogen-bond acceptors (Lipinski definition) is 3. The highest BCUT2D eigenvalue weighted by molar-refractivity contribution is 9.10. The molecule has 0 aliphatic heterocycles. The Balaban J connectivity index is 2.53. The van der Waals surface area contributed by atoms with Crippen LogP contribution in [0.1, 0.15) is 37.2 Å². The smallest absolute Gasteiger partial charge is 0.307 e. The molecule has 15 heavy (non-hydrogen) atoms. The van der Waals surface area contributed by atoms with Crippen molar-refractivity contribution in [3.8, 4) is 0 Å². The van der Waals surface area contributed by atoms with Crippen LogP contribution in [0.5, 0.6) is 0 Å². The van der Waals surface area contributed by atoms with Crippen molar-refractivity contribution in [3.05, 3.63) is 22.6 Å². The molecule has 0 spiro atoms. The summed E-state index contributed by atoms with van der Waals surface area (Å²) in [4.78, 5) is 11.4. The molecule has 0 fully saturated rings. The van der Waals surface area contributed by atoms with Gasteiger partial charge in [0.25, 0.3) is 0 Å². The van der Waals surface area contributed by atoms with Crippen LogP contribution >= 0.6 is 15.9 Å². The highest BCUT2D eigenvalue weighted by atomic mass is 79.9. The monoisotopic (exact) mass is 272 g/mol. The average Bonchev–Trinajstić information content (AvgIpc) is 2.62. The minimum Gasteiger partial charge on any atom is -0.444 e. The first kappa shape index (κ1) is 12.0. The van der Waals surface area contributed by atoms with Gasteiger partial charge in [-0.2, -0.15) is 5.10 Å². The first-order valence-electron chi connectivity index (χ1n) is 4.72. The van der Waals surface area contributed by atoms with Crippen LogP contribution in [0.2, 0.25) is 0 Å². The maximum Gasteiger partial charge on any atom is 0.307 e. The quantitative estimate of drug-likeness (QED) is 0.677. The van der Waals surface area contributed by atoms with Gasteiger partial charge in [-0.3, -0.25) is 4.79 Å². The molecule has 0 aromatic carbocycles. The largest absolute Gasteiger partial charge is 0.444 e. The summed E-state index contributed by atoms with van der Waals surface area (Å²) in [5.41, 5.74) is 3.33. The Hall–Kier alpha value is -1.10. The summed E-state index contributed by atoms with van der Waals surface area (Å²) in [5, 5.41) is 3.94. The van der Waals surface area contributed by atoms with E-state index in [-0.39, 0.29) is 11.7 Å². The molecule has 1 aromatic heterocycles. The number of rotatable bonds is 4. The molecule has 1 amide bonds. The summed E-state index contributed by atoms with van der Waals surface area (Å²) in [6.07, 6.45) is 1.89. The predicted octanol–water partition coefficient (Wildman–Crippen LogP) is 2.95. The zero-order valence-electron chi connectivity index (χ0n) is 8.71. The van der Waals surface area contributed by atoms with Gasteiger partial charge in [-0.15, -0.1) is 0 Å². The van der Waals surface area contributed by atoms with E-state index in [9.17, 15) is 4.79 Å². The van der Waals surface area contributed by atoms with E-state index >= 15 is 0 Å². The van der Waals surface area contributed by atoms with Gasteiger partial charge in [0.15, 0.2) is 10.4 Å². The molecule has 82 valence electrons. The maximum absolute atomic E-state index is 11.4. The van der Waals surface area contributed by atoms with Crippen molar-refractivity contribution in [2.24, 2.45) is 5.10 Å².